The summed E-state index contributed by atoms with van der Waals surface area (Å²) in [6, 6.07) is 22.1. The Hall–Kier alpha value is -4.43. The molecule has 0 aliphatic heterocycles. The number of ether oxygens (including phenoxy) is 1. The lowest BCUT2D eigenvalue weighted by Crippen LogP contribution is -2.23. The topological polar surface area (TPSA) is 107 Å². The Bertz CT molecular complexity index is 1580. The number of hydrogen-bond acceptors (Lipinski definition) is 6. The fraction of sp³-hybridized carbons (Fsp3) is 0.0769. The van der Waals surface area contributed by atoms with Crippen LogP contribution in [0.2, 0.25) is 5.02 Å². The van der Waals surface area contributed by atoms with E-state index in [-0.39, 0.29) is 17.3 Å². The molecular weight excluding hydrogens is 464 g/mol. The van der Waals surface area contributed by atoms with E-state index in [0.717, 1.165) is 16.9 Å². The molecule has 0 saturated heterocycles. The molecule has 9 heteroatoms. The maximum Gasteiger partial charge on any atom is 0.257 e. The largest absolute Gasteiger partial charge is 0.497 e. The third-order valence-corrected chi connectivity index (χ3v) is 5.72. The summed E-state index contributed by atoms with van der Waals surface area (Å²) in [5.41, 5.74) is 10.4. The minimum absolute atomic E-state index is 0.140. The van der Waals surface area contributed by atoms with Crippen molar-refractivity contribution in [3.63, 3.8) is 0 Å². The Labute approximate surface area is 206 Å². The van der Waals surface area contributed by atoms with E-state index in [1.807, 2.05) is 60.7 Å². The van der Waals surface area contributed by atoms with Crippen LogP contribution in [0, 0.1) is 0 Å². The van der Waals surface area contributed by atoms with E-state index in [1.165, 1.54) is 4.68 Å². The van der Waals surface area contributed by atoms with Crippen LogP contribution in [0.3, 0.4) is 0 Å². The van der Waals surface area contributed by atoms with Crippen LogP contribution >= 0.6 is 11.6 Å². The van der Waals surface area contributed by atoms with E-state index < -0.39 is 0 Å². The quantitative estimate of drug-likeness (QED) is 0.341. The lowest BCUT2D eigenvalue weighted by molar-refractivity contribution is 0.0953. The highest BCUT2D eigenvalue weighted by Crippen LogP contribution is 2.28. The number of benzene rings is 3. The third kappa shape index (κ3) is 4.51. The Kier molecular flexibility index (Phi) is 6.03. The molecule has 0 saturated carbocycles. The molecular formula is C26H21ClN6O2. The number of methoxy groups -OCH3 is 1. The standard InChI is InChI=1S/C26H21ClN6O2/c1-35-19-11-9-16(10-12-19)14-29-26(34)22-23-25(32-21-8-3-2-7-20(21)31-23)33(24(22)28)30-15-17-5-4-6-18(27)13-17/h2-13,15H,14,28H2,1H3,(H,29,34). The lowest BCUT2D eigenvalue weighted by atomic mass is 10.2. The molecule has 0 bridgehead atoms. The number of nitrogen functional groups attached to an aromatic ring is 1. The smallest absolute Gasteiger partial charge is 0.257 e. The molecule has 0 spiro atoms. The second-order valence-corrected chi connectivity index (χ2v) is 8.22. The van der Waals surface area contributed by atoms with Crippen molar-refractivity contribution in [2.75, 3.05) is 12.8 Å². The van der Waals surface area contributed by atoms with Gasteiger partial charge in [0.25, 0.3) is 5.91 Å². The fourth-order valence-electron chi connectivity index (χ4n) is 3.71. The van der Waals surface area contributed by atoms with Crippen molar-refractivity contribution >= 4 is 51.7 Å². The fourth-order valence-corrected chi connectivity index (χ4v) is 3.91. The molecule has 0 atom stereocenters. The number of hydrogen-bond donors (Lipinski definition) is 2. The molecule has 1 amide bonds. The van der Waals surface area contributed by atoms with E-state index >= 15 is 0 Å². The van der Waals surface area contributed by atoms with Crippen LogP contribution in [0.5, 0.6) is 5.75 Å². The van der Waals surface area contributed by atoms with Gasteiger partial charge in [0, 0.05) is 11.6 Å². The first-order valence-electron chi connectivity index (χ1n) is 10.8. The summed E-state index contributed by atoms with van der Waals surface area (Å²) in [6.45, 7) is 0.307. The Morgan fingerprint density at radius 1 is 1.09 bits per heavy atom. The molecule has 0 fully saturated rings. The molecule has 0 unspecified atom stereocenters. The van der Waals surface area contributed by atoms with Gasteiger partial charge >= 0.3 is 0 Å². The number of carbonyl (C=O) groups excluding carboxylic acids is 1. The van der Waals surface area contributed by atoms with Crippen molar-refractivity contribution in [3.05, 3.63) is 94.5 Å². The zero-order valence-corrected chi connectivity index (χ0v) is 19.5. The van der Waals surface area contributed by atoms with Gasteiger partial charge in [-0.3, -0.25) is 4.79 Å². The highest BCUT2D eigenvalue weighted by Gasteiger charge is 2.24. The third-order valence-electron chi connectivity index (χ3n) is 5.48. The lowest BCUT2D eigenvalue weighted by Gasteiger charge is -2.06. The van der Waals surface area contributed by atoms with Crippen LogP contribution in [-0.4, -0.2) is 33.9 Å². The maximum atomic E-state index is 13.3. The van der Waals surface area contributed by atoms with Gasteiger partial charge in [-0.25, -0.2) is 9.97 Å². The molecule has 0 aliphatic rings. The molecule has 0 radical (unpaired) electrons. The van der Waals surface area contributed by atoms with Crippen LogP contribution in [-0.2, 0) is 6.54 Å². The summed E-state index contributed by atoms with van der Waals surface area (Å²) in [7, 11) is 1.61. The number of aromatic nitrogens is 3. The van der Waals surface area contributed by atoms with Gasteiger partial charge in [0.05, 0.1) is 24.4 Å². The normalized spacial score (nSPS) is 11.4. The first kappa shape index (κ1) is 22.4. The number of nitrogens with one attached hydrogen (secondary N) is 1. The van der Waals surface area contributed by atoms with Crippen molar-refractivity contribution in [2.45, 2.75) is 6.54 Å². The van der Waals surface area contributed by atoms with E-state index in [1.54, 1.807) is 25.5 Å². The summed E-state index contributed by atoms with van der Waals surface area (Å²) in [5.74, 6) is 0.512. The predicted octanol–water partition coefficient (Wildman–Crippen LogP) is 4.64. The van der Waals surface area contributed by atoms with Crippen LogP contribution in [0.4, 0.5) is 5.82 Å². The minimum Gasteiger partial charge on any atom is -0.497 e. The predicted molar refractivity (Wildman–Crippen MR) is 138 cm³/mol. The Morgan fingerprint density at radius 3 is 2.54 bits per heavy atom. The van der Waals surface area contributed by atoms with E-state index in [4.69, 9.17) is 32.0 Å². The number of nitrogens with two attached hydrogens (primary N) is 1. The molecule has 0 aliphatic carbocycles. The Balaban J connectivity index is 1.55. The zero-order valence-electron chi connectivity index (χ0n) is 18.8. The van der Waals surface area contributed by atoms with E-state index in [9.17, 15) is 4.79 Å². The highest BCUT2D eigenvalue weighted by atomic mass is 35.5. The first-order valence-corrected chi connectivity index (χ1v) is 11.2. The van der Waals surface area contributed by atoms with E-state index in [2.05, 4.69) is 10.4 Å². The van der Waals surface area contributed by atoms with Crippen molar-refractivity contribution in [1.29, 1.82) is 0 Å². The van der Waals surface area contributed by atoms with Gasteiger partial charge in [-0.15, -0.1) is 0 Å². The average molecular weight is 485 g/mol. The van der Waals surface area contributed by atoms with Gasteiger partial charge in [-0.05, 0) is 47.5 Å². The van der Waals surface area contributed by atoms with Crippen LogP contribution in [0.15, 0.2) is 77.9 Å². The first-order chi connectivity index (χ1) is 17.0. The number of para-hydroxylation sites is 2. The van der Waals surface area contributed by atoms with Gasteiger partial charge in [0.1, 0.15) is 22.6 Å². The molecule has 5 rings (SSSR count). The van der Waals surface area contributed by atoms with E-state index in [0.29, 0.717) is 33.8 Å². The molecule has 8 nitrogen and oxygen atoms in total. The summed E-state index contributed by atoms with van der Waals surface area (Å²) in [6.07, 6.45) is 1.61. The van der Waals surface area contributed by atoms with Crippen molar-refractivity contribution in [3.8, 4) is 5.75 Å². The molecule has 3 aromatic carbocycles. The second-order valence-electron chi connectivity index (χ2n) is 7.79. The van der Waals surface area contributed by atoms with Crippen molar-refractivity contribution in [1.82, 2.24) is 20.0 Å². The van der Waals surface area contributed by atoms with Gasteiger partial charge in [0.2, 0.25) is 0 Å². The molecule has 2 heterocycles. The molecule has 35 heavy (non-hydrogen) atoms. The number of fused-ring (bicyclic) bond motifs is 2. The van der Waals surface area contributed by atoms with Gasteiger partial charge in [0.15, 0.2) is 5.65 Å². The number of anilines is 1. The number of amides is 1. The molecule has 2 aromatic heterocycles. The SMILES string of the molecule is COc1ccc(CNC(=O)c2c(N)n(N=Cc3cccc(Cl)c3)c3nc4ccccc4nc23)cc1. The zero-order chi connectivity index (χ0) is 24.4. The Morgan fingerprint density at radius 2 is 1.83 bits per heavy atom. The number of nitrogens with zero attached hydrogens (tertiary/aromatic N) is 4. The van der Waals surface area contributed by atoms with Crippen molar-refractivity contribution in [2.24, 2.45) is 5.10 Å². The minimum atomic E-state index is -0.371. The molecule has 5 aromatic rings. The van der Waals surface area contributed by atoms with Crippen LogP contribution < -0.4 is 15.8 Å². The summed E-state index contributed by atoms with van der Waals surface area (Å²) in [4.78, 5) is 22.7. The highest BCUT2D eigenvalue weighted by molar-refractivity contribution is 6.30. The monoisotopic (exact) mass is 484 g/mol. The van der Waals surface area contributed by atoms with Crippen LogP contribution in [0.1, 0.15) is 21.5 Å². The number of rotatable bonds is 6. The second kappa shape index (κ2) is 9.44. The molecule has 174 valence electrons. The van der Waals surface area contributed by atoms with Gasteiger partial charge in [-0.2, -0.15) is 9.78 Å². The van der Waals surface area contributed by atoms with Gasteiger partial charge < -0.3 is 15.8 Å². The summed E-state index contributed by atoms with van der Waals surface area (Å²) < 4.78 is 6.61. The average Bonchev–Trinajstić information content (AvgIpc) is 3.15. The number of halogens is 1. The molecule has 3 N–H and O–H groups in total. The van der Waals surface area contributed by atoms with Crippen LogP contribution in [0.25, 0.3) is 22.2 Å². The number of carbonyl (C=O) groups is 1. The summed E-state index contributed by atoms with van der Waals surface area (Å²) in [5, 5.41) is 8.01. The van der Waals surface area contributed by atoms with Gasteiger partial charge in [-0.1, -0.05) is 48.0 Å². The maximum absolute atomic E-state index is 13.3. The summed E-state index contributed by atoms with van der Waals surface area (Å²) >= 11 is 6.09. The van der Waals surface area contributed by atoms with Crippen molar-refractivity contribution < 1.29 is 9.53 Å².